The molecule has 0 saturated carbocycles. The van der Waals surface area contributed by atoms with E-state index in [4.69, 9.17) is 0 Å². The summed E-state index contributed by atoms with van der Waals surface area (Å²) in [6.07, 6.45) is 4.50. The van der Waals surface area contributed by atoms with Crippen molar-refractivity contribution >= 4 is 17.8 Å². The number of imide groups is 1. The SMILES string of the molecule is CCCNCc1cnc(N2CC(=O)NC(=O)C2C)nc1. The fourth-order valence-electron chi connectivity index (χ4n) is 1.96. The van der Waals surface area contributed by atoms with Gasteiger partial charge in [-0.05, 0) is 19.9 Å². The van der Waals surface area contributed by atoms with E-state index in [1.54, 1.807) is 24.2 Å². The van der Waals surface area contributed by atoms with Gasteiger partial charge in [-0.1, -0.05) is 6.92 Å². The van der Waals surface area contributed by atoms with Crippen molar-refractivity contribution in [2.75, 3.05) is 18.0 Å². The van der Waals surface area contributed by atoms with Crippen LogP contribution in [0.3, 0.4) is 0 Å². The lowest BCUT2D eigenvalue weighted by Crippen LogP contribution is -2.57. The molecule has 0 aliphatic carbocycles. The second kappa shape index (κ2) is 6.42. The third kappa shape index (κ3) is 3.30. The molecule has 2 amide bonds. The third-order valence-corrected chi connectivity index (χ3v) is 3.13. The van der Waals surface area contributed by atoms with Gasteiger partial charge in [0.15, 0.2) is 0 Å². The Hall–Kier alpha value is -2.02. The first-order valence-corrected chi connectivity index (χ1v) is 6.73. The summed E-state index contributed by atoms with van der Waals surface area (Å²) in [5.41, 5.74) is 0.975. The number of amides is 2. The summed E-state index contributed by atoms with van der Waals surface area (Å²) in [7, 11) is 0. The average molecular weight is 277 g/mol. The molecule has 0 bridgehead atoms. The van der Waals surface area contributed by atoms with Crippen LogP contribution in [0.2, 0.25) is 0 Å². The van der Waals surface area contributed by atoms with Crippen molar-refractivity contribution in [2.24, 2.45) is 0 Å². The van der Waals surface area contributed by atoms with Gasteiger partial charge < -0.3 is 10.2 Å². The van der Waals surface area contributed by atoms with E-state index < -0.39 is 6.04 Å². The zero-order valence-electron chi connectivity index (χ0n) is 11.7. The summed E-state index contributed by atoms with van der Waals surface area (Å²) in [6, 6.07) is -0.447. The van der Waals surface area contributed by atoms with Crippen molar-refractivity contribution in [1.82, 2.24) is 20.6 Å². The maximum atomic E-state index is 11.6. The van der Waals surface area contributed by atoms with Gasteiger partial charge in [0.05, 0.1) is 0 Å². The minimum absolute atomic E-state index is 0.0976. The van der Waals surface area contributed by atoms with E-state index in [1.165, 1.54) is 0 Å². The van der Waals surface area contributed by atoms with E-state index in [2.05, 4.69) is 27.5 Å². The summed E-state index contributed by atoms with van der Waals surface area (Å²) in [4.78, 5) is 33.1. The Bertz CT molecular complexity index is 488. The Balaban J connectivity index is 2.05. The van der Waals surface area contributed by atoms with Crippen molar-refractivity contribution in [3.63, 3.8) is 0 Å². The Morgan fingerprint density at radius 3 is 2.75 bits per heavy atom. The molecule has 1 unspecified atom stereocenters. The van der Waals surface area contributed by atoms with Gasteiger partial charge in [-0.25, -0.2) is 9.97 Å². The number of nitrogens with zero attached hydrogens (tertiary/aromatic N) is 3. The predicted molar refractivity (Wildman–Crippen MR) is 74.0 cm³/mol. The highest BCUT2D eigenvalue weighted by Crippen LogP contribution is 2.13. The Labute approximate surface area is 117 Å². The molecule has 2 rings (SSSR count). The smallest absolute Gasteiger partial charge is 0.249 e. The van der Waals surface area contributed by atoms with Crippen LogP contribution in [0.15, 0.2) is 12.4 Å². The van der Waals surface area contributed by atoms with Crippen molar-refractivity contribution in [2.45, 2.75) is 32.9 Å². The van der Waals surface area contributed by atoms with Crippen LogP contribution in [-0.2, 0) is 16.1 Å². The van der Waals surface area contributed by atoms with Gasteiger partial charge in [-0.3, -0.25) is 14.9 Å². The molecule has 0 aromatic carbocycles. The van der Waals surface area contributed by atoms with E-state index in [0.29, 0.717) is 12.5 Å². The zero-order valence-corrected chi connectivity index (χ0v) is 11.7. The lowest BCUT2D eigenvalue weighted by Gasteiger charge is -2.31. The molecule has 1 atom stereocenters. The van der Waals surface area contributed by atoms with Crippen molar-refractivity contribution < 1.29 is 9.59 Å². The van der Waals surface area contributed by atoms with Gasteiger partial charge >= 0.3 is 0 Å². The van der Waals surface area contributed by atoms with Gasteiger partial charge in [0.1, 0.15) is 12.6 Å². The molecule has 1 fully saturated rings. The minimum Gasteiger partial charge on any atom is -0.320 e. The fraction of sp³-hybridized carbons (Fsp3) is 0.538. The molecule has 1 saturated heterocycles. The van der Waals surface area contributed by atoms with Gasteiger partial charge in [-0.2, -0.15) is 0 Å². The van der Waals surface area contributed by atoms with Crippen LogP contribution in [0.25, 0.3) is 0 Å². The monoisotopic (exact) mass is 277 g/mol. The minimum atomic E-state index is -0.447. The van der Waals surface area contributed by atoms with E-state index in [-0.39, 0.29) is 18.4 Å². The lowest BCUT2D eigenvalue weighted by atomic mass is 10.2. The molecule has 1 aromatic rings. The Morgan fingerprint density at radius 1 is 1.40 bits per heavy atom. The van der Waals surface area contributed by atoms with Crippen molar-refractivity contribution in [1.29, 1.82) is 0 Å². The largest absolute Gasteiger partial charge is 0.320 e. The third-order valence-electron chi connectivity index (χ3n) is 3.13. The van der Waals surface area contributed by atoms with Crippen LogP contribution >= 0.6 is 0 Å². The highest BCUT2D eigenvalue weighted by Gasteiger charge is 2.31. The molecule has 2 heterocycles. The zero-order chi connectivity index (χ0) is 14.5. The molecule has 1 aromatic heterocycles. The number of carbonyl (C=O) groups is 2. The summed E-state index contributed by atoms with van der Waals surface area (Å²) in [6.45, 7) is 5.58. The summed E-state index contributed by atoms with van der Waals surface area (Å²) in [5, 5.41) is 5.55. The number of hydrogen-bond acceptors (Lipinski definition) is 6. The van der Waals surface area contributed by atoms with Crippen molar-refractivity contribution in [3.05, 3.63) is 18.0 Å². The molecule has 0 radical (unpaired) electrons. The van der Waals surface area contributed by atoms with Gasteiger partial charge in [0.2, 0.25) is 17.8 Å². The van der Waals surface area contributed by atoms with Gasteiger partial charge in [0.25, 0.3) is 0 Å². The number of carbonyl (C=O) groups excluding carboxylic acids is 2. The molecule has 1 aliphatic rings. The normalized spacial score (nSPS) is 19.1. The maximum absolute atomic E-state index is 11.6. The van der Waals surface area contributed by atoms with Crippen LogP contribution in [0, 0.1) is 0 Å². The van der Waals surface area contributed by atoms with E-state index in [9.17, 15) is 9.59 Å². The molecule has 20 heavy (non-hydrogen) atoms. The molecule has 7 nitrogen and oxygen atoms in total. The van der Waals surface area contributed by atoms with Gasteiger partial charge in [-0.15, -0.1) is 0 Å². The predicted octanol–water partition coefficient (Wildman–Crippen LogP) is -0.172. The topological polar surface area (TPSA) is 87.2 Å². The quantitative estimate of drug-likeness (QED) is 0.574. The number of piperazine rings is 1. The molecule has 2 N–H and O–H groups in total. The standard InChI is InChI=1S/C13H19N5O2/c1-3-4-14-5-10-6-15-13(16-7-10)18-8-11(19)17-12(20)9(18)2/h6-7,9,14H,3-5,8H2,1-2H3,(H,17,19,20). The van der Waals surface area contributed by atoms with E-state index in [1.807, 2.05) is 0 Å². The Morgan fingerprint density at radius 2 is 2.10 bits per heavy atom. The number of hydrogen-bond donors (Lipinski definition) is 2. The second-order valence-corrected chi connectivity index (χ2v) is 4.78. The molecule has 108 valence electrons. The molecular formula is C13H19N5O2. The molecular weight excluding hydrogens is 258 g/mol. The molecule has 1 aliphatic heterocycles. The van der Waals surface area contributed by atoms with Crippen LogP contribution in [0.1, 0.15) is 25.8 Å². The highest BCUT2D eigenvalue weighted by molar-refractivity contribution is 6.04. The van der Waals surface area contributed by atoms with Crippen LogP contribution < -0.4 is 15.5 Å². The first-order valence-electron chi connectivity index (χ1n) is 6.73. The number of rotatable bonds is 5. The first kappa shape index (κ1) is 14.4. The summed E-state index contributed by atoms with van der Waals surface area (Å²) >= 11 is 0. The Kier molecular flexibility index (Phi) is 4.62. The van der Waals surface area contributed by atoms with Crippen molar-refractivity contribution in [3.8, 4) is 0 Å². The lowest BCUT2D eigenvalue weighted by molar-refractivity contribution is -0.132. The fourth-order valence-corrected chi connectivity index (χ4v) is 1.96. The van der Waals surface area contributed by atoms with Crippen LogP contribution in [0.5, 0.6) is 0 Å². The summed E-state index contributed by atoms with van der Waals surface area (Å²) in [5.74, 6) is -0.246. The number of anilines is 1. The van der Waals surface area contributed by atoms with Crippen LogP contribution in [0.4, 0.5) is 5.95 Å². The van der Waals surface area contributed by atoms with E-state index >= 15 is 0 Å². The molecule has 0 spiro atoms. The average Bonchev–Trinajstić information content (AvgIpc) is 2.44. The van der Waals surface area contributed by atoms with E-state index in [0.717, 1.165) is 18.5 Å². The highest BCUT2D eigenvalue weighted by atomic mass is 16.2. The second-order valence-electron chi connectivity index (χ2n) is 4.78. The maximum Gasteiger partial charge on any atom is 0.249 e. The number of nitrogens with one attached hydrogen (secondary N) is 2. The van der Waals surface area contributed by atoms with Gasteiger partial charge in [0, 0.05) is 24.5 Å². The van der Waals surface area contributed by atoms with Crippen LogP contribution in [-0.4, -0.2) is 40.9 Å². The number of aromatic nitrogens is 2. The first-order chi connectivity index (χ1) is 9.61. The summed E-state index contributed by atoms with van der Waals surface area (Å²) < 4.78 is 0. The molecule has 7 heteroatoms.